The highest BCUT2D eigenvalue weighted by Crippen LogP contribution is 2.36. The lowest BCUT2D eigenvalue weighted by Gasteiger charge is -2.08. The molecule has 2 amide bonds. The lowest BCUT2D eigenvalue weighted by Crippen LogP contribution is -2.15. The van der Waals surface area contributed by atoms with Crippen LogP contribution in [0, 0.1) is 6.92 Å². The molecule has 0 unspecified atom stereocenters. The highest BCUT2D eigenvalue weighted by molar-refractivity contribution is 7.19. The van der Waals surface area contributed by atoms with Gasteiger partial charge in [0.2, 0.25) is 6.79 Å². The number of rotatable bonds is 7. The molecule has 0 aliphatic carbocycles. The molecule has 2 heterocycles. The summed E-state index contributed by atoms with van der Waals surface area (Å²) in [6, 6.07) is 11.6. The first kappa shape index (κ1) is 23.1. The molecule has 4 rings (SSSR count). The number of esters is 1. The molecular weight excluding hydrogens is 460 g/mol. The molecule has 176 valence electrons. The van der Waals surface area contributed by atoms with Crippen LogP contribution in [-0.2, 0) is 4.74 Å². The van der Waals surface area contributed by atoms with Crippen molar-refractivity contribution in [2.24, 2.45) is 0 Å². The molecule has 2 aromatic carbocycles. The lowest BCUT2D eigenvalue weighted by atomic mass is 10.1. The third-order valence-corrected chi connectivity index (χ3v) is 6.25. The van der Waals surface area contributed by atoms with Crippen LogP contribution in [0.5, 0.6) is 17.2 Å². The fourth-order valence-corrected chi connectivity index (χ4v) is 4.43. The Labute approximate surface area is 199 Å². The maximum atomic E-state index is 13.0. The number of fused-ring (bicyclic) bond motifs is 1. The minimum Gasteiger partial charge on any atom is -0.497 e. The second-order valence-corrected chi connectivity index (χ2v) is 8.21. The average molecular weight is 483 g/mol. The maximum Gasteiger partial charge on any atom is 0.341 e. The van der Waals surface area contributed by atoms with Crippen molar-refractivity contribution in [1.82, 2.24) is 0 Å². The van der Waals surface area contributed by atoms with E-state index in [1.54, 1.807) is 63.4 Å². The lowest BCUT2D eigenvalue weighted by molar-refractivity contribution is 0.0527. The Morgan fingerprint density at radius 1 is 1.00 bits per heavy atom. The van der Waals surface area contributed by atoms with E-state index in [1.165, 1.54) is 0 Å². The first-order valence-corrected chi connectivity index (χ1v) is 11.2. The van der Waals surface area contributed by atoms with E-state index in [0.29, 0.717) is 34.1 Å². The number of methoxy groups -OCH3 is 1. The zero-order chi connectivity index (χ0) is 24.2. The van der Waals surface area contributed by atoms with Crippen molar-refractivity contribution in [3.8, 4) is 17.2 Å². The number of ether oxygens (including phenoxy) is 4. The van der Waals surface area contributed by atoms with Gasteiger partial charge in [0.15, 0.2) is 11.5 Å². The van der Waals surface area contributed by atoms with Crippen LogP contribution in [0.1, 0.15) is 42.9 Å². The third kappa shape index (κ3) is 4.67. The summed E-state index contributed by atoms with van der Waals surface area (Å²) in [5.41, 5.74) is 1.42. The van der Waals surface area contributed by atoms with E-state index in [9.17, 15) is 14.4 Å². The van der Waals surface area contributed by atoms with Gasteiger partial charge >= 0.3 is 5.97 Å². The van der Waals surface area contributed by atoms with Crippen molar-refractivity contribution in [2.45, 2.75) is 13.8 Å². The van der Waals surface area contributed by atoms with Gasteiger partial charge in [-0.15, -0.1) is 11.3 Å². The molecule has 34 heavy (non-hydrogen) atoms. The highest BCUT2D eigenvalue weighted by atomic mass is 32.1. The smallest absolute Gasteiger partial charge is 0.341 e. The summed E-state index contributed by atoms with van der Waals surface area (Å²) < 4.78 is 20.9. The summed E-state index contributed by atoms with van der Waals surface area (Å²) in [6.07, 6.45) is 0. The zero-order valence-electron chi connectivity index (χ0n) is 18.7. The number of benzene rings is 2. The minimum absolute atomic E-state index is 0.0875. The Balaban J connectivity index is 1.61. The zero-order valence-corrected chi connectivity index (χ0v) is 19.5. The van der Waals surface area contributed by atoms with E-state index in [-0.39, 0.29) is 28.8 Å². The summed E-state index contributed by atoms with van der Waals surface area (Å²) in [4.78, 5) is 38.9. The summed E-state index contributed by atoms with van der Waals surface area (Å²) in [5.74, 6) is 0.159. The van der Waals surface area contributed by atoms with Crippen LogP contribution in [0.3, 0.4) is 0 Å². The largest absolute Gasteiger partial charge is 0.497 e. The van der Waals surface area contributed by atoms with E-state index in [4.69, 9.17) is 18.9 Å². The predicted octanol–water partition coefficient (Wildman–Crippen LogP) is 4.48. The molecular formula is C24H22N2O7S. The van der Waals surface area contributed by atoms with Crippen molar-refractivity contribution < 1.29 is 33.3 Å². The number of nitrogens with one attached hydrogen (secondary N) is 2. The molecule has 1 aromatic heterocycles. The molecule has 0 radical (unpaired) electrons. The van der Waals surface area contributed by atoms with Crippen molar-refractivity contribution >= 4 is 39.8 Å². The summed E-state index contributed by atoms with van der Waals surface area (Å²) in [6.45, 7) is 3.56. The highest BCUT2D eigenvalue weighted by Gasteiger charge is 2.27. The molecule has 10 heteroatoms. The number of carbonyl (C=O) groups is 3. The second kappa shape index (κ2) is 9.84. The summed E-state index contributed by atoms with van der Waals surface area (Å²) >= 11 is 0.998. The molecule has 0 saturated carbocycles. The van der Waals surface area contributed by atoms with Crippen LogP contribution in [0.25, 0.3) is 0 Å². The maximum absolute atomic E-state index is 13.0. The molecule has 0 bridgehead atoms. The number of hydrogen-bond donors (Lipinski definition) is 2. The minimum atomic E-state index is -0.624. The van der Waals surface area contributed by atoms with Gasteiger partial charge in [0.1, 0.15) is 10.8 Å². The molecule has 0 atom stereocenters. The first-order valence-electron chi connectivity index (χ1n) is 10.4. The average Bonchev–Trinajstić information content (AvgIpc) is 3.43. The topological polar surface area (TPSA) is 112 Å². The quantitative estimate of drug-likeness (QED) is 0.478. The normalized spacial score (nSPS) is 11.6. The number of thiophene rings is 1. The van der Waals surface area contributed by atoms with Gasteiger partial charge in [0.25, 0.3) is 11.8 Å². The Kier molecular flexibility index (Phi) is 6.69. The van der Waals surface area contributed by atoms with Crippen LogP contribution in [0.4, 0.5) is 10.7 Å². The van der Waals surface area contributed by atoms with Gasteiger partial charge in [0.05, 0.1) is 24.2 Å². The Bertz CT molecular complexity index is 1250. The van der Waals surface area contributed by atoms with Crippen LogP contribution in [0.2, 0.25) is 0 Å². The van der Waals surface area contributed by atoms with E-state index >= 15 is 0 Å². The molecule has 0 saturated heterocycles. The van der Waals surface area contributed by atoms with Crippen LogP contribution in [-0.4, -0.2) is 38.3 Å². The van der Waals surface area contributed by atoms with E-state index in [2.05, 4.69) is 10.6 Å². The fourth-order valence-electron chi connectivity index (χ4n) is 3.34. The molecule has 2 N–H and O–H groups in total. The van der Waals surface area contributed by atoms with E-state index in [1.807, 2.05) is 0 Å². The van der Waals surface area contributed by atoms with Crippen molar-refractivity contribution in [3.05, 3.63) is 64.0 Å². The van der Waals surface area contributed by atoms with Crippen LogP contribution in [0.15, 0.2) is 42.5 Å². The van der Waals surface area contributed by atoms with Gasteiger partial charge in [-0.3, -0.25) is 9.59 Å². The number of carbonyl (C=O) groups excluding carboxylic acids is 3. The van der Waals surface area contributed by atoms with E-state index < -0.39 is 17.8 Å². The van der Waals surface area contributed by atoms with Gasteiger partial charge in [0, 0.05) is 11.3 Å². The molecule has 1 aliphatic heterocycles. The Hall–Kier alpha value is -4.05. The van der Waals surface area contributed by atoms with Gasteiger partial charge < -0.3 is 29.6 Å². The van der Waals surface area contributed by atoms with Gasteiger partial charge in [-0.1, -0.05) is 0 Å². The van der Waals surface area contributed by atoms with Crippen molar-refractivity contribution in [2.75, 3.05) is 31.1 Å². The summed E-state index contributed by atoms with van der Waals surface area (Å²) in [7, 11) is 1.55. The molecule has 0 fully saturated rings. The SMILES string of the molecule is CCOC(=O)c1c(NC(=O)c2ccc3c(c2)OCO3)sc(C(=O)Nc2ccc(OC)cc2)c1C. The van der Waals surface area contributed by atoms with Gasteiger partial charge in [-0.2, -0.15) is 0 Å². The van der Waals surface area contributed by atoms with Gasteiger partial charge in [-0.25, -0.2) is 4.79 Å². The third-order valence-electron chi connectivity index (χ3n) is 5.04. The fraction of sp³-hybridized carbons (Fsp3) is 0.208. The van der Waals surface area contributed by atoms with Crippen LogP contribution >= 0.6 is 11.3 Å². The molecule has 0 spiro atoms. The number of hydrogen-bond acceptors (Lipinski definition) is 8. The predicted molar refractivity (Wildman–Crippen MR) is 126 cm³/mol. The van der Waals surface area contributed by atoms with E-state index in [0.717, 1.165) is 11.3 Å². The molecule has 9 nitrogen and oxygen atoms in total. The number of anilines is 2. The summed E-state index contributed by atoms with van der Waals surface area (Å²) in [5, 5.41) is 5.75. The van der Waals surface area contributed by atoms with Crippen molar-refractivity contribution in [1.29, 1.82) is 0 Å². The standard InChI is InChI=1S/C24H22N2O7S/c1-4-31-24(29)19-13(2)20(22(28)25-15-6-8-16(30-3)9-7-15)34-23(19)26-21(27)14-5-10-17-18(11-14)33-12-32-17/h5-11H,4,12H2,1-3H3,(H,25,28)(H,26,27). The number of amides is 2. The second-order valence-electron chi connectivity index (χ2n) is 7.19. The Morgan fingerprint density at radius 3 is 2.44 bits per heavy atom. The first-order chi connectivity index (χ1) is 16.4. The Morgan fingerprint density at radius 2 is 1.74 bits per heavy atom. The molecule has 1 aliphatic rings. The van der Waals surface area contributed by atoms with Gasteiger partial charge in [-0.05, 0) is 61.9 Å². The van der Waals surface area contributed by atoms with Crippen molar-refractivity contribution in [3.63, 3.8) is 0 Å². The molecule has 3 aromatic rings. The monoisotopic (exact) mass is 482 g/mol. The van der Waals surface area contributed by atoms with Crippen LogP contribution < -0.4 is 24.8 Å².